The summed E-state index contributed by atoms with van der Waals surface area (Å²) in [4.78, 5) is 86.4. The van der Waals surface area contributed by atoms with Gasteiger partial charge in [0, 0.05) is 32.9 Å². The first kappa shape index (κ1) is 44.4. The summed E-state index contributed by atoms with van der Waals surface area (Å²) < 4.78 is 0. The van der Waals surface area contributed by atoms with Gasteiger partial charge in [-0.05, 0) is 84.7 Å². The zero-order valence-corrected chi connectivity index (χ0v) is 35.9. The predicted molar refractivity (Wildman–Crippen MR) is 229 cm³/mol. The number of carbonyl (C=O) groups excluding carboxylic acids is 4. The average Bonchev–Trinajstić information content (AvgIpc) is 3.99. The van der Waals surface area contributed by atoms with Crippen molar-refractivity contribution in [3.05, 3.63) is 101 Å². The number of amides is 6. The molecule has 0 radical (unpaired) electrons. The normalized spacial score (nSPS) is 23.6. The van der Waals surface area contributed by atoms with Gasteiger partial charge in [-0.25, -0.2) is 9.59 Å². The first-order valence-corrected chi connectivity index (χ1v) is 21.1. The second-order valence-corrected chi connectivity index (χ2v) is 17.4. The van der Waals surface area contributed by atoms with Crippen LogP contribution in [0, 0.1) is 11.8 Å². The molecule has 0 saturated carbocycles. The molecule has 61 heavy (non-hydrogen) atoms. The molecule has 3 aliphatic heterocycles. The molecule has 3 heterocycles. The predicted octanol–water partition coefficient (Wildman–Crippen LogP) is 5.64. The van der Waals surface area contributed by atoms with E-state index in [0.717, 1.165) is 39.5 Å². The van der Waals surface area contributed by atoms with E-state index in [9.17, 15) is 39.0 Å². The lowest BCUT2D eigenvalue weighted by Crippen LogP contribution is -2.59. The topological polar surface area (TPSA) is 211 Å². The molecule has 0 bridgehead atoms. The van der Waals surface area contributed by atoms with Crippen LogP contribution in [-0.4, -0.2) is 105 Å². The Labute approximate surface area is 357 Å². The quantitative estimate of drug-likeness (QED) is 0.168. The summed E-state index contributed by atoms with van der Waals surface area (Å²) in [5.41, 5.74) is 13.6. The molecule has 6 N–H and O–H groups in total. The van der Waals surface area contributed by atoms with Crippen LogP contribution >= 0.6 is 0 Å². The van der Waals surface area contributed by atoms with Gasteiger partial charge in [0.2, 0.25) is 23.6 Å². The van der Waals surface area contributed by atoms with Gasteiger partial charge in [0.1, 0.15) is 23.2 Å². The molecule has 6 amide bonds. The van der Waals surface area contributed by atoms with Crippen molar-refractivity contribution >= 4 is 41.5 Å². The van der Waals surface area contributed by atoms with Gasteiger partial charge >= 0.3 is 12.2 Å². The van der Waals surface area contributed by atoms with Gasteiger partial charge in [-0.3, -0.25) is 29.0 Å². The second-order valence-electron chi connectivity index (χ2n) is 17.4. The molecule has 15 heteroatoms. The third-order valence-electron chi connectivity index (χ3n) is 13.3. The molecule has 0 spiro atoms. The monoisotopic (exact) mass is 837 g/mol. The van der Waals surface area contributed by atoms with Crippen molar-refractivity contribution in [1.82, 2.24) is 19.6 Å². The molecule has 3 fully saturated rings. The Kier molecular flexibility index (Phi) is 12.7. The van der Waals surface area contributed by atoms with Crippen LogP contribution in [0.15, 0.2) is 78.9 Å². The fourth-order valence-corrected chi connectivity index (χ4v) is 10.4. The van der Waals surface area contributed by atoms with Crippen molar-refractivity contribution in [2.75, 3.05) is 32.1 Å². The molecule has 326 valence electrons. The molecule has 0 unspecified atom stereocenters. The Hall–Kier alpha value is -6.12. The van der Waals surface area contributed by atoms with E-state index in [2.05, 4.69) is 17.0 Å². The maximum absolute atomic E-state index is 14.1. The van der Waals surface area contributed by atoms with E-state index in [0.29, 0.717) is 36.8 Å². The molecule has 3 saturated heterocycles. The van der Waals surface area contributed by atoms with Gasteiger partial charge in [0.25, 0.3) is 0 Å². The number of rotatable bonds is 13. The SMILES string of the molecule is CC(C)[C@@H](C(=O)N1CCC[C@@]1(C(N)=O)c1ccc([C@@H]2CC[C@@H](c3ccc([C@]4(C(N)=O)CCCN4C(=O)[C@H](C(C)C)N(C)C(=O)O)cc3)N2c2ccccc2)cc1)N(C)C(=O)O. The van der Waals surface area contributed by atoms with Crippen LogP contribution in [0.5, 0.6) is 0 Å². The maximum atomic E-state index is 14.1. The van der Waals surface area contributed by atoms with E-state index in [4.69, 9.17) is 11.5 Å². The largest absolute Gasteiger partial charge is 0.465 e. The second kappa shape index (κ2) is 17.5. The summed E-state index contributed by atoms with van der Waals surface area (Å²) in [6, 6.07) is 23.2. The number of nitrogens with zero attached hydrogens (tertiary/aromatic N) is 5. The number of para-hydroxylation sites is 1. The third-order valence-corrected chi connectivity index (χ3v) is 13.3. The average molecular weight is 838 g/mol. The van der Waals surface area contributed by atoms with E-state index in [1.165, 1.54) is 23.9 Å². The summed E-state index contributed by atoms with van der Waals surface area (Å²) >= 11 is 0. The van der Waals surface area contributed by atoms with E-state index in [1.54, 1.807) is 27.7 Å². The lowest BCUT2D eigenvalue weighted by atomic mass is 9.84. The number of nitrogens with two attached hydrogens (primary N) is 2. The number of primary amides is 2. The highest BCUT2D eigenvalue weighted by Gasteiger charge is 2.54. The fourth-order valence-electron chi connectivity index (χ4n) is 10.4. The fraction of sp³-hybridized carbons (Fsp3) is 0.478. The number of hydrogen-bond acceptors (Lipinski definition) is 7. The van der Waals surface area contributed by atoms with E-state index < -0.39 is 59.0 Å². The molecular weight excluding hydrogens is 779 g/mol. The smallest absolute Gasteiger partial charge is 0.407 e. The Morgan fingerprint density at radius 1 is 0.607 bits per heavy atom. The Bertz CT molecular complexity index is 2000. The highest BCUT2D eigenvalue weighted by Crippen LogP contribution is 2.49. The van der Waals surface area contributed by atoms with Crippen LogP contribution in [0.3, 0.4) is 0 Å². The first-order valence-electron chi connectivity index (χ1n) is 21.1. The molecule has 0 aliphatic carbocycles. The number of hydrogen-bond donors (Lipinski definition) is 4. The van der Waals surface area contributed by atoms with Crippen molar-refractivity contribution < 1.29 is 39.0 Å². The van der Waals surface area contributed by atoms with E-state index >= 15 is 0 Å². The molecule has 3 aromatic rings. The van der Waals surface area contributed by atoms with Crippen LogP contribution in [0.25, 0.3) is 0 Å². The lowest BCUT2D eigenvalue weighted by molar-refractivity contribution is -0.148. The number of anilines is 1. The van der Waals surface area contributed by atoms with Crippen molar-refractivity contribution in [1.29, 1.82) is 0 Å². The summed E-state index contributed by atoms with van der Waals surface area (Å²) in [5, 5.41) is 19.5. The molecule has 15 nitrogen and oxygen atoms in total. The number of carbonyl (C=O) groups is 6. The number of likely N-dealkylation sites (N-methyl/N-ethyl adjacent to an activating group) is 2. The summed E-state index contributed by atoms with van der Waals surface area (Å²) in [5.74, 6) is -2.95. The van der Waals surface area contributed by atoms with Crippen LogP contribution in [0.4, 0.5) is 15.3 Å². The Morgan fingerprint density at radius 2 is 0.967 bits per heavy atom. The van der Waals surface area contributed by atoms with Gasteiger partial charge < -0.3 is 36.4 Å². The van der Waals surface area contributed by atoms with Crippen molar-refractivity contribution in [2.45, 2.75) is 101 Å². The van der Waals surface area contributed by atoms with Crippen LogP contribution in [0.2, 0.25) is 0 Å². The van der Waals surface area contributed by atoms with Gasteiger partial charge in [0.15, 0.2) is 0 Å². The van der Waals surface area contributed by atoms with Crippen molar-refractivity contribution in [3.8, 4) is 0 Å². The molecular formula is C46H59N7O8. The first-order chi connectivity index (χ1) is 28.9. The Balaban J connectivity index is 1.32. The van der Waals surface area contributed by atoms with Crippen molar-refractivity contribution in [2.24, 2.45) is 23.3 Å². The van der Waals surface area contributed by atoms with Crippen LogP contribution in [-0.2, 0) is 30.3 Å². The minimum absolute atomic E-state index is 0.0828. The molecule has 6 rings (SSSR count). The number of likely N-dealkylation sites (tertiary alicyclic amines) is 2. The third kappa shape index (κ3) is 7.74. The minimum Gasteiger partial charge on any atom is -0.465 e. The highest BCUT2D eigenvalue weighted by molar-refractivity contribution is 5.96. The Morgan fingerprint density at radius 3 is 1.28 bits per heavy atom. The molecule has 6 atom stereocenters. The number of carboxylic acid groups (broad SMARTS) is 2. The molecule has 3 aromatic carbocycles. The van der Waals surface area contributed by atoms with Gasteiger partial charge in [-0.1, -0.05) is 94.4 Å². The summed E-state index contributed by atoms with van der Waals surface area (Å²) in [6.45, 7) is 7.63. The summed E-state index contributed by atoms with van der Waals surface area (Å²) in [7, 11) is 2.72. The van der Waals surface area contributed by atoms with Gasteiger partial charge in [-0.2, -0.15) is 0 Å². The van der Waals surface area contributed by atoms with Crippen LogP contribution in [0.1, 0.15) is 101 Å². The lowest BCUT2D eigenvalue weighted by Gasteiger charge is -2.41. The minimum atomic E-state index is -1.44. The summed E-state index contributed by atoms with van der Waals surface area (Å²) in [6.07, 6.45) is 0.768. The van der Waals surface area contributed by atoms with Crippen LogP contribution < -0.4 is 16.4 Å². The van der Waals surface area contributed by atoms with E-state index in [-0.39, 0.29) is 37.0 Å². The zero-order valence-electron chi connectivity index (χ0n) is 35.9. The molecule has 3 aliphatic rings. The van der Waals surface area contributed by atoms with Gasteiger partial charge in [-0.15, -0.1) is 0 Å². The van der Waals surface area contributed by atoms with Gasteiger partial charge in [0.05, 0.1) is 12.1 Å². The molecule has 0 aromatic heterocycles. The highest BCUT2D eigenvalue weighted by atomic mass is 16.4. The van der Waals surface area contributed by atoms with Crippen molar-refractivity contribution in [3.63, 3.8) is 0 Å². The standard InChI is InChI=1S/C46H59N7O8/c1-28(2)37(49(5)43(58)59)39(54)51-26-10-24-45(51,41(47)56)32-18-14-30(15-19-32)35-22-23-36(53(35)34-12-8-7-9-13-34)31-16-20-33(21-17-31)46(42(48)57)25-11-27-52(46)40(55)38(29(3)4)50(6)44(60)61/h7-9,12-21,28-29,35-38H,10-11,22-27H2,1-6H3,(H2,47,56)(H2,48,57)(H,58,59)(H,60,61)/t35-,36-,37-,38-,45-,46-/m0/s1. The van der Waals surface area contributed by atoms with E-state index in [1.807, 2.05) is 66.7 Å². The zero-order chi connectivity index (χ0) is 44.6. The maximum Gasteiger partial charge on any atom is 0.407 e. The number of benzene rings is 3.